The van der Waals surface area contributed by atoms with Crippen LogP contribution in [-0.2, 0) is 14.3 Å². The summed E-state index contributed by atoms with van der Waals surface area (Å²) in [5.74, 6) is -1.29. The second-order valence-corrected chi connectivity index (χ2v) is 1.74. The molecule has 0 spiro atoms. The Kier molecular flexibility index (Phi) is 10.3. The van der Waals surface area contributed by atoms with Crippen molar-refractivity contribution >= 4 is 41.5 Å². The fourth-order valence-corrected chi connectivity index (χ4v) is 0.439. The standard InChI is InChI=1S/C8H10O3.Na.H/c1-3-5-7(9)11-8(10)6-4-2;;/h3-6H,1-2H3;;/b5-3+,6-4?;;. The molecular formula is C8H11NaO3. The van der Waals surface area contributed by atoms with Gasteiger partial charge in [-0.15, -0.1) is 0 Å². The summed E-state index contributed by atoms with van der Waals surface area (Å²) in [4.78, 5) is 21.1. The van der Waals surface area contributed by atoms with Gasteiger partial charge in [0.25, 0.3) is 0 Å². The molecule has 0 aliphatic rings. The minimum atomic E-state index is -0.643. The molecule has 0 aliphatic carbocycles. The maximum absolute atomic E-state index is 10.6. The van der Waals surface area contributed by atoms with Gasteiger partial charge >= 0.3 is 41.5 Å². The van der Waals surface area contributed by atoms with Gasteiger partial charge in [0.1, 0.15) is 0 Å². The van der Waals surface area contributed by atoms with Gasteiger partial charge < -0.3 is 4.74 Å². The van der Waals surface area contributed by atoms with Crippen LogP contribution < -0.4 is 0 Å². The molecule has 0 bridgehead atoms. The van der Waals surface area contributed by atoms with Crippen LogP contribution in [-0.4, -0.2) is 41.5 Å². The van der Waals surface area contributed by atoms with Gasteiger partial charge in [-0.05, 0) is 13.8 Å². The second-order valence-electron chi connectivity index (χ2n) is 1.74. The van der Waals surface area contributed by atoms with Crippen molar-refractivity contribution in [2.45, 2.75) is 13.8 Å². The number of allylic oxidation sites excluding steroid dienone is 2. The van der Waals surface area contributed by atoms with Crippen molar-refractivity contribution in [2.75, 3.05) is 0 Å². The third-order valence-corrected chi connectivity index (χ3v) is 0.807. The SMILES string of the molecule is CC=CC(=O)OC(=O)/C=C/C.[NaH]. The zero-order valence-electron chi connectivity index (χ0n) is 6.53. The molecule has 4 heteroatoms. The van der Waals surface area contributed by atoms with E-state index in [0.717, 1.165) is 0 Å². The Morgan fingerprint density at radius 2 is 1.33 bits per heavy atom. The van der Waals surface area contributed by atoms with Gasteiger partial charge in [0.2, 0.25) is 0 Å². The fraction of sp³-hybridized carbons (Fsp3) is 0.250. The number of esters is 2. The van der Waals surface area contributed by atoms with Crippen molar-refractivity contribution in [3.63, 3.8) is 0 Å². The molecule has 0 saturated carbocycles. The average Bonchev–Trinajstić information content (AvgIpc) is 1.87. The van der Waals surface area contributed by atoms with E-state index in [4.69, 9.17) is 0 Å². The molecular weight excluding hydrogens is 167 g/mol. The molecule has 0 unspecified atom stereocenters. The summed E-state index contributed by atoms with van der Waals surface area (Å²) in [6, 6.07) is 0. The van der Waals surface area contributed by atoms with E-state index in [1.807, 2.05) is 0 Å². The third kappa shape index (κ3) is 7.72. The van der Waals surface area contributed by atoms with Crippen molar-refractivity contribution in [1.29, 1.82) is 0 Å². The van der Waals surface area contributed by atoms with Crippen molar-refractivity contribution < 1.29 is 14.3 Å². The molecule has 0 aliphatic heterocycles. The molecule has 0 aromatic rings. The molecule has 0 radical (unpaired) electrons. The molecule has 0 aromatic carbocycles. The molecule has 0 atom stereocenters. The zero-order valence-corrected chi connectivity index (χ0v) is 6.53. The first kappa shape index (κ1) is 14.2. The Hall–Kier alpha value is -0.380. The number of carbonyl (C=O) groups is 2. The quantitative estimate of drug-likeness (QED) is 0.268. The van der Waals surface area contributed by atoms with Crippen LogP contribution in [0.2, 0.25) is 0 Å². The van der Waals surface area contributed by atoms with E-state index in [1.54, 1.807) is 13.8 Å². The van der Waals surface area contributed by atoms with Crippen LogP contribution in [0.1, 0.15) is 13.8 Å². The molecule has 3 nitrogen and oxygen atoms in total. The number of rotatable bonds is 2. The van der Waals surface area contributed by atoms with Gasteiger partial charge in [0.05, 0.1) is 0 Å². The topological polar surface area (TPSA) is 43.4 Å². The summed E-state index contributed by atoms with van der Waals surface area (Å²) in [5, 5.41) is 0. The maximum atomic E-state index is 10.6. The Morgan fingerprint density at radius 3 is 1.58 bits per heavy atom. The van der Waals surface area contributed by atoms with Crippen LogP contribution in [0.25, 0.3) is 0 Å². The minimum absolute atomic E-state index is 0. The Balaban J connectivity index is 0. The molecule has 0 amide bonds. The zero-order chi connectivity index (χ0) is 8.69. The van der Waals surface area contributed by atoms with Gasteiger partial charge in [-0.3, -0.25) is 0 Å². The first-order valence-electron chi connectivity index (χ1n) is 3.22. The van der Waals surface area contributed by atoms with Crippen LogP contribution in [0.3, 0.4) is 0 Å². The van der Waals surface area contributed by atoms with Crippen molar-refractivity contribution in [3.05, 3.63) is 24.3 Å². The summed E-state index contributed by atoms with van der Waals surface area (Å²) < 4.78 is 4.28. The Bertz CT molecular complexity index is 184. The summed E-state index contributed by atoms with van der Waals surface area (Å²) in [5.41, 5.74) is 0. The van der Waals surface area contributed by atoms with Gasteiger partial charge in [0, 0.05) is 12.2 Å². The molecule has 0 fully saturated rings. The third-order valence-electron chi connectivity index (χ3n) is 0.807. The van der Waals surface area contributed by atoms with Crippen molar-refractivity contribution in [1.82, 2.24) is 0 Å². The van der Waals surface area contributed by atoms with Crippen LogP contribution in [0.5, 0.6) is 0 Å². The van der Waals surface area contributed by atoms with E-state index in [1.165, 1.54) is 24.3 Å². The predicted octanol–water partition coefficient (Wildman–Crippen LogP) is 0.560. The molecule has 0 aromatic heterocycles. The molecule has 0 rings (SSSR count). The number of carbonyl (C=O) groups excluding carboxylic acids is 2. The van der Waals surface area contributed by atoms with E-state index in [2.05, 4.69) is 4.74 Å². The van der Waals surface area contributed by atoms with Crippen LogP contribution in [0, 0.1) is 0 Å². The number of hydrogen-bond acceptors (Lipinski definition) is 3. The summed E-state index contributed by atoms with van der Waals surface area (Å²) >= 11 is 0. The monoisotopic (exact) mass is 178 g/mol. The molecule has 62 valence electrons. The Labute approximate surface area is 93.8 Å². The summed E-state index contributed by atoms with van der Waals surface area (Å²) in [6.45, 7) is 3.34. The van der Waals surface area contributed by atoms with Crippen molar-refractivity contribution in [2.24, 2.45) is 0 Å². The molecule has 0 heterocycles. The van der Waals surface area contributed by atoms with Crippen LogP contribution in [0.4, 0.5) is 0 Å². The van der Waals surface area contributed by atoms with Crippen LogP contribution >= 0.6 is 0 Å². The second kappa shape index (κ2) is 8.71. The van der Waals surface area contributed by atoms with Gasteiger partial charge in [0.15, 0.2) is 0 Å². The van der Waals surface area contributed by atoms with E-state index in [0.29, 0.717) is 0 Å². The molecule has 12 heavy (non-hydrogen) atoms. The summed E-state index contributed by atoms with van der Waals surface area (Å²) in [6.07, 6.45) is 5.37. The fourth-order valence-electron chi connectivity index (χ4n) is 0.439. The normalized spacial score (nSPS) is 9.83. The van der Waals surface area contributed by atoms with Gasteiger partial charge in [-0.25, -0.2) is 9.59 Å². The summed E-state index contributed by atoms with van der Waals surface area (Å²) in [7, 11) is 0. The van der Waals surface area contributed by atoms with Crippen molar-refractivity contribution in [3.8, 4) is 0 Å². The van der Waals surface area contributed by atoms with Gasteiger partial charge in [-0.1, -0.05) is 12.2 Å². The van der Waals surface area contributed by atoms with E-state index < -0.39 is 11.9 Å². The first-order chi connectivity index (χ1) is 5.20. The molecule has 0 saturated heterocycles. The first-order valence-corrected chi connectivity index (χ1v) is 3.22. The van der Waals surface area contributed by atoms with Gasteiger partial charge in [-0.2, -0.15) is 0 Å². The predicted molar refractivity (Wildman–Crippen MR) is 47.9 cm³/mol. The van der Waals surface area contributed by atoms with Crippen LogP contribution in [0.15, 0.2) is 24.3 Å². The Morgan fingerprint density at radius 1 is 1.00 bits per heavy atom. The number of hydrogen-bond donors (Lipinski definition) is 0. The van der Waals surface area contributed by atoms with E-state index >= 15 is 0 Å². The number of ether oxygens (including phenoxy) is 1. The van der Waals surface area contributed by atoms with E-state index in [-0.39, 0.29) is 29.6 Å². The average molecular weight is 178 g/mol. The van der Waals surface area contributed by atoms with E-state index in [9.17, 15) is 9.59 Å². The molecule has 0 N–H and O–H groups in total.